The number of benzene rings is 2. The number of rotatable bonds is 11. The summed E-state index contributed by atoms with van der Waals surface area (Å²) in [6.45, 7) is 1.73. The highest BCUT2D eigenvalue weighted by Gasteiger charge is 2.18. The van der Waals surface area contributed by atoms with E-state index in [0.717, 1.165) is 39.4 Å². The molecule has 0 saturated heterocycles. The number of ether oxygens (including phenoxy) is 1. The van der Waals surface area contributed by atoms with E-state index in [2.05, 4.69) is 26.5 Å². The van der Waals surface area contributed by atoms with Gasteiger partial charge in [0.1, 0.15) is 5.75 Å². The number of nitrogens with one attached hydrogen (secondary N) is 1. The van der Waals surface area contributed by atoms with Gasteiger partial charge in [0, 0.05) is 46.2 Å². The molecular weight excluding hydrogens is 496 g/mol. The minimum atomic E-state index is -2.85. The third kappa shape index (κ3) is 6.47. The highest BCUT2D eigenvalue weighted by molar-refractivity contribution is 7.99. The molecule has 4 rings (SSSR count). The molecule has 6 nitrogen and oxygen atoms in total. The van der Waals surface area contributed by atoms with Crippen LogP contribution in [-0.2, 0) is 13.0 Å². The Labute approximate surface area is 218 Å². The molecule has 2 N–H and O–H groups in total. The van der Waals surface area contributed by atoms with Gasteiger partial charge in [-0.05, 0) is 66.8 Å². The van der Waals surface area contributed by atoms with Gasteiger partial charge in [-0.1, -0.05) is 19.1 Å². The Morgan fingerprint density at radius 3 is 2.51 bits per heavy atom. The SMILES string of the molecule is CCSc1ccc(C(CO)NC(=O)c2ccc3c(c2)cc(Cc2ccc(OC(F)F)cc2)n3CC)nc1. The fraction of sp³-hybridized carbons (Fsp3) is 0.286. The van der Waals surface area contributed by atoms with E-state index >= 15 is 0 Å². The molecule has 2 heterocycles. The number of amides is 1. The number of thioether (sulfide) groups is 1. The van der Waals surface area contributed by atoms with Gasteiger partial charge in [-0.25, -0.2) is 0 Å². The number of alkyl halides is 2. The maximum Gasteiger partial charge on any atom is 0.387 e. The number of aliphatic hydroxyl groups is 1. The minimum absolute atomic E-state index is 0.123. The van der Waals surface area contributed by atoms with Crippen LogP contribution in [0.15, 0.2) is 71.8 Å². The fourth-order valence-corrected chi connectivity index (χ4v) is 4.92. The summed E-state index contributed by atoms with van der Waals surface area (Å²) >= 11 is 1.68. The molecule has 4 aromatic rings. The zero-order valence-corrected chi connectivity index (χ0v) is 21.5. The Kier molecular flexibility index (Phi) is 8.78. The Morgan fingerprint density at radius 2 is 1.89 bits per heavy atom. The fourth-order valence-electron chi connectivity index (χ4n) is 4.29. The van der Waals surface area contributed by atoms with Crippen molar-refractivity contribution in [3.63, 3.8) is 0 Å². The van der Waals surface area contributed by atoms with Gasteiger partial charge in [0.15, 0.2) is 0 Å². The Bertz CT molecular complexity index is 1340. The van der Waals surface area contributed by atoms with E-state index in [4.69, 9.17) is 0 Å². The molecule has 1 atom stereocenters. The van der Waals surface area contributed by atoms with Crippen molar-refractivity contribution in [3.05, 3.63) is 89.4 Å². The van der Waals surface area contributed by atoms with Gasteiger partial charge in [-0.3, -0.25) is 9.78 Å². The van der Waals surface area contributed by atoms with Crippen LogP contribution >= 0.6 is 11.8 Å². The number of aromatic nitrogens is 2. The van der Waals surface area contributed by atoms with E-state index in [-0.39, 0.29) is 18.3 Å². The van der Waals surface area contributed by atoms with Crippen molar-refractivity contribution in [1.82, 2.24) is 14.9 Å². The summed E-state index contributed by atoms with van der Waals surface area (Å²) in [4.78, 5) is 18.5. The van der Waals surface area contributed by atoms with Crippen molar-refractivity contribution < 1.29 is 23.4 Å². The van der Waals surface area contributed by atoms with Crippen LogP contribution in [0, 0.1) is 0 Å². The highest BCUT2D eigenvalue weighted by atomic mass is 32.2. The first-order chi connectivity index (χ1) is 17.9. The quantitative estimate of drug-likeness (QED) is 0.241. The van der Waals surface area contributed by atoms with Gasteiger partial charge in [0.05, 0.1) is 18.3 Å². The highest BCUT2D eigenvalue weighted by Crippen LogP contribution is 2.25. The van der Waals surface area contributed by atoms with Crippen molar-refractivity contribution in [3.8, 4) is 5.75 Å². The predicted octanol–water partition coefficient (Wildman–Crippen LogP) is 5.82. The van der Waals surface area contributed by atoms with E-state index in [1.807, 2.05) is 37.3 Å². The van der Waals surface area contributed by atoms with E-state index in [1.54, 1.807) is 36.2 Å². The second kappa shape index (κ2) is 12.2. The van der Waals surface area contributed by atoms with Crippen molar-refractivity contribution in [2.45, 2.75) is 44.4 Å². The molecule has 2 aromatic heterocycles. The van der Waals surface area contributed by atoms with E-state index in [0.29, 0.717) is 17.7 Å². The molecule has 0 radical (unpaired) electrons. The number of aryl methyl sites for hydroxylation is 1. The first kappa shape index (κ1) is 26.6. The molecule has 0 spiro atoms. The lowest BCUT2D eigenvalue weighted by Crippen LogP contribution is -2.31. The lowest BCUT2D eigenvalue weighted by atomic mass is 10.1. The average Bonchev–Trinajstić information content (AvgIpc) is 3.24. The van der Waals surface area contributed by atoms with Gasteiger partial charge in [0.25, 0.3) is 5.91 Å². The normalized spacial score (nSPS) is 12.2. The maximum absolute atomic E-state index is 13.0. The molecule has 0 fully saturated rings. The topological polar surface area (TPSA) is 76.4 Å². The van der Waals surface area contributed by atoms with Crippen LogP contribution in [0.1, 0.15) is 47.2 Å². The van der Waals surface area contributed by atoms with Gasteiger partial charge in [-0.15, -0.1) is 11.8 Å². The summed E-state index contributed by atoms with van der Waals surface area (Å²) in [7, 11) is 0. The van der Waals surface area contributed by atoms with Gasteiger partial charge in [0.2, 0.25) is 0 Å². The zero-order chi connectivity index (χ0) is 26.4. The number of carbonyl (C=O) groups excluding carboxylic acids is 1. The molecule has 0 aliphatic rings. The maximum atomic E-state index is 13.0. The second-order valence-electron chi connectivity index (χ2n) is 8.41. The Balaban J connectivity index is 1.52. The van der Waals surface area contributed by atoms with Crippen LogP contribution in [-0.4, -0.2) is 39.5 Å². The lowest BCUT2D eigenvalue weighted by molar-refractivity contribution is -0.0498. The Hall–Kier alpha value is -3.43. The third-order valence-corrected chi connectivity index (χ3v) is 6.88. The number of halogens is 2. The van der Waals surface area contributed by atoms with E-state index < -0.39 is 12.7 Å². The van der Waals surface area contributed by atoms with Crippen molar-refractivity contribution >= 4 is 28.6 Å². The smallest absolute Gasteiger partial charge is 0.387 e. The number of fused-ring (bicyclic) bond motifs is 1. The first-order valence-corrected chi connectivity index (χ1v) is 13.1. The molecule has 0 aliphatic carbocycles. The third-order valence-electron chi connectivity index (χ3n) is 6.01. The largest absolute Gasteiger partial charge is 0.435 e. The lowest BCUT2D eigenvalue weighted by Gasteiger charge is -2.16. The van der Waals surface area contributed by atoms with Crippen molar-refractivity contribution in [2.24, 2.45) is 0 Å². The summed E-state index contributed by atoms with van der Waals surface area (Å²) < 4.78 is 31.4. The summed E-state index contributed by atoms with van der Waals surface area (Å²) in [5, 5.41) is 13.7. The molecule has 37 heavy (non-hydrogen) atoms. The second-order valence-corrected chi connectivity index (χ2v) is 9.75. The van der Waals surface area contributed by atoms with Crippen LogP contribution < -0.4 is 10.1 Å². The van der Waals surface area contributed by atoms with Gasteiger partial charge < -0.3 is 19.7 Å². The van der Waals surface area contributed by atoms with Crippen LogP contribution in [0.2, 0.25) is 0 Å². The molecule has 1 unspecified atom stereocenters. The van der Waals surface area contributed by atoms with Crippen LogP contribution in [0.3, 0.4) is 0 Å². The van der Waals surface area contributed by atoms with E-state index in [1.165, 1.54) is 12.1 Å². The van der Waals surface area contributed by atoms with Gasteiger partial charge >= 0.3 is 6.61 Å². The number of hydrogen-bond donors (Lipinski definition) is 2. The minimum Gasteiger partial charge on any atom is -0.435 e. The standard InChI is InChI=1S/C28H29F2N3O3S/c1-3-33-21(13-18-5-8-22(9-6-18)36-28(29)30)15-20-14-19(7-12-26(20)33)27(35)32-25(17-34)24-11-10-23(16-31-24)37-4-2/h5-12,14-16,25,28,34H,3-4,13,17H2,1-2H3,(H,32,35). The van der Waals surface area contributed by atoms with Crippen LogP contribution in [0.4, 0.5) is 8.78 Å². The first-order valence-electron chi connectivity index (χ1n) is 12.1. The monoisotopic (exact) mass is 525 g/mol. The molecule has 194 valence electrons. The van der Waals surface area contributed by atoms with E-state index in [9.17, 15) is 18.7 Å². The van der Waals surface area contributed by atoms with Crippen molar-refractivity contribution in [1.29, 1.82) is 0 Å². The van der Waals surface area contributed by atoms with Gasteiger partial charge in [-0.2, -0.15) is 8.78 Å². The predicted molar refractivity (Wildman–Crippen MR) is 141 cm³/mol. The van der Waals surface area contributed by atoms with Crippen LogP contribution in [0.5, 0.6) is 5.75 Å². The number of pyridine rings is 1. The summed E-state index contributed by atoms with van der Waals surface area (Å²) in [5.41, 5.74) is 4.08. The molecule has 1 amide bonds. The summed E-state index contributed by atoms with van der Waals surface area (Å²) in [5.74, 6) is 0.765. The Morgan fingerprint density at radius 1 is 1.11 bits per heavy atom. The molecule has 0 saturated carbocycles. The molecule has 2 aromatic carbocycles. The molecule has 0 bridgehead atoms. The summed E-state index contributed by atoms with van der Waals surface area (Å²) in [6, 6.07) is 17.3. The number of aliphatic hydroxyl groups excluding tert-OH is 1. The van der Waals surface area contributed by atoms with Crippen molar-refractivity contribution in [2.75, 3.05) is 12.4 Å². The number of hydrogen-bond acceptors (Lipinski definition) is 5. The summed E-state index contributed by atoms with van der Waals surface area (Å²) in [6.07, 6.45) is 2.35. The zero-order valence-electron chi connectivity index (χ0n) is 20.7. The molecule has 9 heteroatoms. The molecule has 0 aliphatic heterocycles. The van der Waals surface area contributed by atoms with Crippen LogP contribution in [0.25, 0.3) is 10.9 Å². The number of carbonyl (C=O) groups is 1. The molecular formula is C28H29F2N3O3S. The number of nitrogens with zero attached hydrogens (tertiary/aromatic N) is 2. The average molecular weight is 526 g/mol.